The summed E-state index contributed by atoms with van der Waals surface area (Å²) in [5.74, 6) is -0.0210. The molecule has 1 aromatic heterocycles. The maximum Gasteiger partial charge on any atom is 0.252 e. The highest BCUT2D eigenvalue weighted by molar-refractivity contribution is 7.03. The average molecular weight is 232 g/mol. The number of nitrogens with zero attached hydrogens (tertiary/aromatic N) is 1. The van der Waals surface area contributed by atoms with Gasteiger partial charge < -0.3 is 10.4 Å². The molecule has 5 heteroatoms. The van der Waals surface area contributed by atoms with Crippen LogP contribution in [0.2, 0.25) is 0 Å². The van der Waals surface area contributed by atoms with Gasteiger partial charge in [-0.2, -0.15) is 0 Å². The highest BCUT2D eigenvalue weighted by Gasteiger charge is 2.23. The Morgan fingerprint density at radius 1 is 1.38 bits per heavy atom. The van der Waals surface area contributed by atoms with Crippen LogP contribution in [0.5, 0.6) is 5.75 Å². The van der Waals surface area contributed by atoms with Crippen LogP contribution in [-0.2, 0) is 6.54 Å². The van der Waals surface area contributed by atoms with E-state index in [-0.39, 0.29) is 11.7 Å². The van der Waals surface area contributed by atoms with Crippen molar-refractivity contribution in [3.8, 4) is 16.9 Å². The lowest BCUT2D eigenvalue weighted by Gasteiger charge is -2.05. The molecule has 2 aromatic rings. The summed E-state index contributed by atoms with van der Waals surface area (Å²) in [6.45, 7) is 0.514. The first-order valence-corrected chi connectivity index (χ1v) is 5.63. The van der Waals surface area contributed by atoms with Gasteiger partial charge in [-0.15, -0.1) is 0 Å². The minimum atomic E-state index is -0.129. The number of amides is 1. The molecule has 2 heterocycles. The monoisotopic (exact) mass is 232 g/mol. The summed E-state index contributed by atoms with van der Waals surface area (Å²) in [7, 11) is 0. The third-order valence-electron chi connectivity index (χ3n) is 2.65. The van der Waals surface area contributed by atoms with Crippen molar-refractivity contribution in [1.82, 2.24) is 9.69 Å². The second-order valence-corrected chi connectivity index (χ2v) is 4.27. The molecule has 1 aliphatic heterocycles. The Labute approximate surface area is 95.7 Å². The first kappa shape index (κ1) is 9.35. The Balaban J connectivity index is 2.27. The molecule has 80 valence electrons. The summed E-state index contributed by atoms with van der Waals surface area (Å²) in [5.41, 5.74) is 3.31. The molecule has 3 rings (SSSR count). The number of aromatic hydroxyl groups is 1. The van der Waals surface area contributed by atoms with Crippen molar-refractivity contribution in [2.24, 2.45) is 0 Å². The predicted octanol–water partition coefficient (Wildman–Crippen LogP) is 1.76. The van der Waals surface area contributed by atoms with Gasteiger partial charge in [-0.1, -0.05) is 0 Å². The maximum atomic E-state index is 11.5. The van der Waals surface area contributed by atoms with E-state index in [0.717, 1.165) is 16.7 Å². The Morgan fingerprint density at radius 2 is 2.19 bits per heavy atom. The zero-order valence-electron chi connectivity index (χ0n) is 8.23. The summed E-state index contributed by atoms with van der Waals surface area (Å²) in [6, 6.07) is 3.17. The predicted molar refractivity (Wildman–Crippen MR) is 60.4 cm³/mol. The van der Waals surface area contributed by atoms with Crippen molar-refractivity contribution in [3.63, 3.8) is 0 Å². The van der Waals surface area contributed by atoms with Gasteiger partial charge in [0.05, 0.1) is 0 Å². The molecule has 0 saturated carbocycles. The third kappa shape index (κ3) is 1.29. The number of fused-ring (bicyclic) bond motifs is 1. The number of aromatic nitrogens is 1. The van der Waals surface area contributed by atoms with Crippen molar-refractivity contribution in [2.45, 2.75) is 6.54 Å². The molecular weight excluding hydrogens is 224 g/mol. The number of hydrogen-bond acceptors (Lipinski definition) is 4. The van der Waals surface area contributed by atoms with Crippen LogP contribution in [0.4, 0.5) is 0 Å². The number of nitrogens with one attached hydrogen (secondary N) is 1. The second-order valence-electron chi connectivity index (χ2n) is 3.62. The lowest BCUT2D eigenvalue weighted by atomic mass is 9.99. The van der Waals surface area contributed by atoms with Crippen LogP contribution in [0.3, 0.4) is 0 Å². The summed E-state index contributed by atoms with van der Waals surface area (Å²) in [6.07, 6.45) is 1.74. The lowest BCUT2D eigenvalue weighted by molar-refractivity contribution is 0.0965. The van der Waals surface area contributed by atoms with E-state index < -0.39 is 0 Å². The highest BCUT2D eigenvalue weighted by atomic mass is 32.1. The molecule has 0 unspecified atom stereocenters. The zero-order chi connectivity index (χ0) is 11.1. The molecule has 4 nitrogen and oxygen atoms in total. The van der Waals surface area contributed by atoms with E-state index >= 15 is 0 Å². The molecule has 0 spiro atoms. The Kier molecular flexibility index (Phi) is 1.94. The largest absolute Gasteiger partial charge is 0.508 e. The van der Waals surface area contributed by atoms with E-state index in [1.54, 1.807) is 12.3 Å². The van der Waals surface area contributed by atoms with Gasteiger partial charge in [-0.25, -0.2) is 4.37 Å². The maximum absolute atomic E-state index is 11.5. The molecule has 1 aliphatic rings. The topological polar surface area (TPSA) is 62.2 Å². The standard InChI is InChI=1S/C11H8N2O2S/c14-7-1-8(6-3-13-16-5-6)10-4-12-11(15)9(10)2-7/h1-3,5,14H,4H2,(H,12,15). The smallest absolute Gasteiger partial charge is 0.252 e. The van der Waals surface area contributed by atoms with Crippen molar-refractivity contribution in [2.75, 3.05) is 0 Å². The fourth-order valence-corrected chi connectivity index (χ4v) is 2.45. The quantitative estimate of drug-likeness (QED) is 0.787. The lowest BCUT2D eigenvalue weighted by Crippen LogP contribution is -2.12. The van der Waals surface area contributed by atoms with E-state index in [1.165, 1.54) is 17.6 Å². The van der Waals surface area contributed by atoms with Gasteiger partial charge in [0.25, 0.3) is 5.91 Å². The van der Waals surface area contributed by atoms with Gasteiger partial charge in [0, 0.05) is 29.2 Å². The van der Waals surface area contributed by atoms with E-state index in [1.807, 2.05) is 5.38 Å². The van der Waals surface area contributed by atoms with Crippen molar-refractivity contribution >= 4 is 17.4 Å². The van der Waals surface area contributed by atoms with E-state index in [0.29, 0.717) is 12.1 Å². The molecule has 1 amide bonds. The normalized spacial score (nSPS) is 13.6. The Hall–Kier alpha value is -1.88. The minimum Gasteiger partial charge on any atom is -0.508 e. The molecule has 0 fully saturated rings. The second kappa shape index (κ2) is 3.31. The summed E-state index contributed by atoms with van der Waals surface area (Å²) >= 11 is 1.35. The van der Waals surface area contributed by atoms with Crippen LogP contribution in [-0.4, -0.2) is 15.4 Å². The van der Waals surface area contributed by atoms with Gasteiger partial charge in [0.2, 0.25) is 0 Å². The van der Waals surface area contributed by atoms with Gasteiger partial charge in [0.15, 0.2) is 0 Å². The number of hydrogen-bond donors (Lipinski definition) is 2. The molecular formula is C11H8N2O2S. The molecule has 0 bridgehead atoms. The van der Waals surface area contributed by atoms with E-state index in [4.69, 9.17) is 0 Å². The average Bonchev–Trinajstić information content (AvgIpc) is 2.88. The number of carbonyl (C=O) groups is 1. The van der Waals surface area contributed by atoms with Crippen LogP contribution in [0.25, 0.3) is 11.1 Å². The first-order chi connectivity index (χ1) is 7.75. The van der Waals surface area contributed by atoms with Crippen LogP contribution in [0.15, 0.2) is 23.7 Å². The van der Waals surface area contributed by atoms with Gasteiger partial charge in [-0.05, 0) is 34.8 Å². The minimum absolute atomic E-state index is 0.108. The summed E-state index contributed by atoms with van der Waals surface area (Å²) < 4.78 is 4.03. The number of carbonyl (C=O) groups excluding carboxylic acids is 1. The number of phenolic OH excluding ortho intramolecular Hbond substituents is 1. The van der Waals surface area contributed by atoms with Crippen LogP contribution < -0.4 is 5.32 Å². The number of benzene rings is 1. The Bertz CT molecular complexity index is 564. The molecule has 2 N–H and O–H groups in total. The van der Waals surface area contributed by atoms with Gasteiger partial charge in [0.1, 0.15) is 5.75 Å². The summed E-state index contributed by atoms with van der Waals surface area (Å²) in [4.78, 5) is 11.5. The molecule has 0 atom stereocenters. The highest BCUT2D eigenvalue weighted by Crippen LogP contribution is 2.33. The van der Waals surface area contributed by atoms with Gasteiger partial charge >= 0.3 is 0 Å². The zero-order valence-corrected chi connectivity index (χ0v) is 9.04. The van der Waals surface area contributed by atoms with Crippen molar-refractivity contribution in [3.05, 3.63) is 34.8 Å². The first-order valence-electron chi connectivity index (χ1n) is 4.79. The molecule has 16 heavy (non-hydrogen) atoms. The molecule has 0 radical (unpaired) electrons. The van der Waals surface area contributed by atoms with E-state index in [2.05, 4.69) is 9.69 Å². The Morgan fingerprint density at radius 3 is 2.94 bits per heavy atom. The van der Waals surface area contributed by atoms with Crippen LogP contribution >= 0.6 is 11.5 Å². The van der Waals surface area contributed by atoms with Crippen molar-refractivity contribution < 1.29 is 9.90 Å². The SMILES string of the molecule is O=C1NCc2c1cc(O)cc2-c1cnsc1. The molecule has 0 aliphatic carbocycles. The fraction of sp³-hybridized carbons (Fsp3) is 0.0909. The third-order valence-corrected chi connectivity index (χ3v) is 3.23. The van der Waals surface area contributed by atoms with Crippen molar-refractivity contribution in [1.29, 1.82) is 0 Å². The number of rotatable bonds is 1. The summed E-state index contributed by atoms with van der Waals surface area (Å²) in [5, 5.41) is 14.2. The van der Waals surface area contributed by atoms with Gasteiger partial charge in [-0.3, -0.25) is 4.79 Å². The number of phenols is 1. The van der Waals surface area contributed by atoms with E-state index in [9.17, 15) is 9.90 Å². The molecule has 1 aromatic carbocycles. The fourth-order valence-electron chi connectivity index (χ4n) is 1.91. The molecule has 0 saturated heterocycles. The van der Waals surface area contributed by atoms with Crippen LogP contribution in [0.1, 0.15) is 15.9 Å². The van der Waals surface area contributed by atoms with Crippen LogP contribution in [0, 0.1) is 0 Å².